The van der Waals surface area contributed by atoms with E-state index in [1.54, 1.807) is 11.1 Å². The number of ether oxygens (including phenoxy) is 1. The SMILES string of the molecule is Cc1ccc(/C=N\NC(=S)NCC[NH+]2CCOCC2)o1. The molecule has 1 aromatic heterocycles. The van der Waals surface area contributed by atoms with Gasteiger partial charge in [-0.2, -0.15) is 5.10 Å². The standard InChI is InChI=1S/C13H20N4O2S/c1-11-2-3-12(19-11)10-15-16-13(20)14-4-5-17-6-8-18-9-7-17/h2-3,10H,4-9H2,1H3,(H2,14,16,20)/p+1/b15-10-. The highest BCUT2D eigenvalue weighted by Crippen LogP contribution is 2.02. The lowest BCUT2D eigenvalue weighted by Crippen LogP contribution is -3.14. The molecule has 0 atom stereocenters. The first-order chi connectivity index (χ1) is 9.74. The molecule has 1 aliphatic heterocycles. The molecule has 1 fully saturated rings. The summed E-state index contributed by atoms with van der Waals surface area (Å²) in [6.45, 7) is 7.60. The largest absolute Gasteiger partial charge is 0.460 e. The second kappa shape index (κ2) is 7.98. The highest BCUT2D eigenvalue weighted by molar-refractivity contribution is 7.80. The summed E-state index contributed by atoms with van der Waals surface area (Å²) in [6, 6.07) is 3.75. The normalized spacial score (nSPS) is 16.4. The second-order valence-corrected chi connectivity index (χ2v) is 5.09. The Morgan fingerprint density at radius 2 is 2.25 bits per heavy atom. The summed E-state index contributed by atoms with van der Waals surface area (Å²) in [5.41, 5.74) is 2.77. The van der Waals surface area contributed by atoms with Gasteiger partial charge in [0.15, 0.2) is 5.11 Å². The van der Waals surface area contributed by atoms with Crippen molar-refractivity contribution >= 4 is 23.5 Å². The van der Waals surface area contributed by atoms with Gasteiger partial charge in [0.05, 0.1) is 32.5 Å². The maximum Gasteiger partial charge on any atom is 0.187 e. The first kappa shape index (κ1) is 15.0. The average Bonchev–Trinajstić information content (AvgIpc) is 2.86. The molecule has 110 valence electrons. The molecular weight excluding hydrogens is 276 g/mol. The maximum atomic E-state index is 5.36. The molecule has 0 aromatic carbocycles. The van der Waals surface area contributed by atoms with Gasteiger partial charge in [-0.3, -0.25) is 5.43 Å². The fourth-order valence-electron chi connectivity index (χ4n) is 1.98. The molecule has 2 rings (SSSR count). The molecule has 3 N–H and O–H groups in total. The average molecular weight is 297 g/mol. The van der Waals surface area contributed by atoms with E-state index in [0.717, 1.165) is 45.2 Å². The van der Waals surface area contributed by atoms with Gasteiger partial charge in [0, 0.05) is 0 Å². The van der Waals surface area contributed by atoms with Gasteiger partial charge in [0.1, 0.15) is 24.6 Å². The van der Waals surface area contributed by atoms with E-state index >= 15 is 0 Å². The third-order valence-corrected chi connectivity index (χ3v) is 3.32. The Balaban J connectivity index is 1.59. The van der Waals surface area contributed by atoms with Crippen molar-refractivity contribution < 1.29 is 14.1 Å². The fourth-order valence-corrected chi connectivity index (χ4v) is 2.13. The van der Waals surface area contributed by atoms with Crippen LogP contribution in [0, 0.1) is 6.92 Å². The lowest BCUT2D eigenvalue weighted by atomic mass is 10.4. The minimum absolute atomic E-state index is 0.525. The molecule has 1 aromatic rings. The number of thiocarbonyl (C=S) groups is 1. The summed E-state index contributed by atoms with van der Waals surface area (Å²) in [7, 11) is 0. The number of quaternary nitrogens is 1. The van der Waals surface area contributed by atoms with E-state index < -0.39 is 0 Å². The minimum atomic E-state index is 0.525. The molecular formula is C13H21N4O2S+. The van der Waals surface area contributed by atoms with Crippen molar-refractivity contribution in [3.05, 3.63) is 23.7 Å². The van der Waals surface area contributed by atoms with Gasteiger partial charge >= 0.3 is 0 Å². The summed E-state index contributed by atoms with van der Waals surface area (Å²) in [5.74, 6) is 1.57. The Morgan fingerprint density at radius 1 is 1.45 bits per heavy atom. The zero-order valence-corrected chi connectivity index (χ0v) is 12.5. The minimum Gasteiger partial charge on any atom is -0.460 e. The second-order valence-electron chi connectivity index (χ2n) is 4.69. The van der Waals surface area contributed by atoms with Gasteiger partial charge in [-0.25, -0.2) is 0 Å². The van der Waals surface area contributed by atoms with Crippen LogP contribution >= 0.6 is 12.2 Å². The van der Waals surface area contributed by atoms with Crippen LogP contribution in [0.4, 0.5) is 0 Å². The molecule has 0 radical (unpaired) electrons. The van der Waals surface area contributed by atoms with E-state index in [2.05, 4.69) is 15.8 Å². The van der Waals surface area contributed by atoms with Crippen molar-refractivity contribution in [1.29, 1.82) is 0 Å². The molecule has 0 unspecified atom stereocenters. The molecule has 0 bridgehead atoms. The Kier molecular flexibility index (Phi) is 5.97. The van der Waals surface area contributed by atoms with Crippen molar-refractivity contribution in [1.82, 2.24) is 10.7 Å². The summed E-state index contributed by atoms with van der Waals surface area (Å²) in [6.07, 6.45) is 1.61. The molecule has 1 saturated heterocycles. The first-order valence-corrected chi connectivity index (χ1v) is 7.19. The van der Waals surface area contributed by atoms with Crippen LogP contribution in [0.3, 0.4) is 0 Å². The van der Waals surface area contributed by atoms with E-state index in [4.69, 9.17) is 21.4 Å². The van der Waals surface area contributed by atoms with Crippen LogP contribution in [0.25, 0.3) is 0 Å². The van der Waals surface area contributed by atoms with Crippen molar-refractivity contribution in [2.75, 3.05) is 39.4 Å². The highest BCUT2D eigenvalue weighted by Gasteiger charge is 2.12. The summed E-state index contributed by atoms with van der Waals surface area (Å²) in [4.78, 5) is 1.54. The third-order valence-electron chi connectivity index (χ3n) is 3.08. The summed E-state index contributed by atoms with van der Waals surface area (Å²) < 4.78 is 10.7. The molecule has 20 heavy (non-hydrogen) atoms. The van der Waals surface area contributed by atoms with Crippen LogP contribution in [0.5, 0.6) is 0 Å². The van der Waals surface area contributed by atoms with E-state index in [0.29, 0.717) is 10.9 Å². The van der Waals surface area contributed by atoms with Crippen molar-refractivity contribution in [2.24, 2.45) is 5.10 Å². The van der Waals surface area contributed by atoms with Gasteiger partial charge in [0.25, 0.3) is 0 Å². The molecule has 0 aliphatic carbocycles. The van der Waals surface area contributed by atoms with Gasteiger partial charge in [-0.15, -0.1) is 0 Å². The van der Waals surface area contributed by atoms with Crippen molar-refractivity contribution in [3.8, 4) is 0 Å². The summed E-state index contributed by atoms with van der Waals surface area (Å²) >= 11 is 5.14. The maximum absolute atomic E-state index is 5.36. The van der Waals surface area contributed by atoms with Crippen LogP contribution in [0.15, 0.2) is 21.7 Å². The Hall–Kier alpha value is -1.44. The smallest absolute Gasteiger partial charge is 0.187 e. The van der Waals surface area contributed by atoms with Gasteiger partial charge in [-0.1, -0.05) is 0 Å². The number of aryl methyl sites for hydroxylation is 1. The topological polar surface area (TPSA) is 63.2 Å². The summed E-state index contributed by atoms with van der Waals surface area (Å²) in [5, 5.41) is 7.68. The number of hydrazone groups is 1. The molecule has 0 saturated carbocycles. The number of morpholine rings is 1. The van der Waals surface area contributed by atoms with Crippen LogP contribution < -0.4 is 15.6 Å². The molecule has 1 aliphatic rings. The molecule has 0 amide bonds. The lowest BCUT2D eigenvalue weighted by molar-refractivity contribution is -0.906. The quantitative estimate of drug-likeness (QED) is 0.381. The monoisotopic (exact) mass is 297 g/mol. The van der Waals surface area contributed by atoms with E-state index in [-0.39, 0.29) is 0 Å². The number of rotatable bonds is 5. The first-order valence-electron chi connectivity index (χ1n) is 6.79. The Bertz CT molecular complexity index is 455. The van der Waals surface area contributed by atoms with Gasteiger partial charge in [0.2, 0.25) is 0 Å². The van der Waals surface area contributed by atoms with Gasteiger partial charge in [-0.05, 0) is 31.3 Å². The molecule has 6 nitrogen and oxygen atoms in total. The van der Waals surface area contributed by atoms with Crippen LogP contribution in [-0.4, -0.2) is 50.7 Å². The highest BCUT2D eigenvalue weighted by atomic mass is 32.1. The molecule has 7 heteroatoms. The fraction of sp³-hybridized carbons (Fsp3) is 0.538. The predicted molar refractivity (Wildman–Crippen MR) is 81.2 cm³/mol. The van der Waals surface area contributed by atoms with E-state index in [9.17, 15) is 0 Å². The number of hydrogen-bond donors (Lipinski definition) is 3. The lowest BCUT2D eigenvalue weighted by Gasteiger charge is -2.23. The van der Waals surface area contributed by atoms with E-state index in [1.807, 2.05) is 19.1 Å². The Morgan fingerprint density at radius 3 is 2.95 bits per heavy atom. The number of furan rings is 1. The number of hydrogen-bond acceptors (Lipinski definition) is 4. The third kappa shape index (κ3) is 5.28. The predicted octanol–water partition coefficient (Wildman–Crippen LogP) is -0.699. The van der Waals surface area contributed by atoms with Crippen LogP contribution in [0.2, 0.25) is 0 Å². The van der Waals surface area contributed by atoms with Crippen molar-refractivity contribution in [3.63, 3.8) is 0 Å². The molecule has 2 heterocycles. The molecule has 0 spiro atoms. The van der Waals surface area contributed by atoms with Crippen LogP contribution in [0.1, 0.15) is 11.5 Å². The number of nitrogens with one attached hydrogen (secondary N) is 3. The van der Waals surface area contributed by atoms with Gasteiger partial charge < -0.3 is 19.4 Å². The zero-order chi connectivity index (χ0) is 14.2. The van der Waals surface area contributed by atoms with Crippen molar-refractivity contribution in [2.45, 2.75) is 6.92 Å². The van der Waals surface area contributed by atoms with Crippen LogP contribution in [-0.2, 0) is 4.74 Å². The zero-order valence-electron chi connectivity index (χ0n) is 11.6. The number of nitrogens with zero attached hydrogens (tertiary/aromatic N) is 1. The Labute approximate surface area is 124 Å². The van der Waals surface area contributed by atoms with E-state index in [1.165, 1.54) is 0 Å².